The third-order valence-corrected chi connectivity index (χ3v) is 3.17. The fraction of sp³-hybridized carbons (Fsp3) is 0.500. The van der Waals surface area contributed by atoms with Gasteiger partial charge < -0.3 is 5.32 Å². The van der Waals surface area contributed by atoms with Crippen LogP contribution in [0.1, 0.15) is 13.3 Å². The molecule has 2 aromatic heterocycles. The predicted molar refractivity (Wildman–Crippen MR) is 67.2 cm³/mol. The van der Waals surface area contributed by atoms with E-state index in [1.165, 1.54) is 7.05 Å². The van der Waals surface area contributed by atoms with E-state index in [1.54, 1.807) is 0 Å². The van der Waals surface area contributed by atoms with E-state index in [2.05, 4.69) is 15.4 Å². The molecule has 2 aromatic rings. The van der Waals surface area contributed by atoms with Gasteiger partial charge in [0.1, 0.15) is 5.82 Å². The molecule has 0 saturated carbocycles. The van der Waals surface area contributed by atoms with Crippen molar-refractivity contribution >= 4 is 16.9 Å². The summed E-state index contributed by atoms with van der Waals surface area (Å²) in [6, 6.07) is 1.16. The Morgan fingerprint density at radius 2 is 1.95 bits per heavy atom. The van der Waals surface area contributed by atoms with Gasteiger partial charge in [-0.05, 0) is 13.0 Å². The Hall–Kier alpha value is -1.93. The van der Waals surface area contributed by atoms with Crippen LogP contribution in [0.4, 0.5) is 27.8 Å². The monoisotopic (exact) mass is 308 g/mol. The van der Waals surface area contributed by atoms with Crippen molar-refractivity contribution in [1.82, 2.24) is 14.8 Å². The Balaban J connectivity index is 2.31. The van der Waals surface area contributed by atoms with Gasteiger partial charge in [0.2, 0.25) is 5.67 Å². The number of nitrogens with zero attached hydrogens (tertiary/aromatic N) is 3. The zero-order chi connectivity index (χ0) is 15.8. The van der Waals surface area contributed by atoms with Crippen molar-refractivity contribution in [2.45, 2.75) is 31.7 Å². The summed E-state index contributed by atoms with van der Waals surface area (Å²) >= 11 is 0. The molecular weight excluding hydrogens is 295 g/mol. The Morgan fingerprint density at radius 1 is 1.29 bits per heavy atom. The maximum atomic E-state index is 13.6. The molecule has 1 unspecified atom stereocenters. The summed E-state index contributed by atoms with van der Waals surface area (Å²) in [6.45, 7) is 0.147. The van der Waals surface area contributed by atoms with Crippen LogP contribution in [-0.2, 0) is 6.54 Å². The number of pyridine rings is 1. The summed E-state index contributed by atoms with van der Waals surface area (Å²) < 4.78 is 65.3. The van der Waals surface area contributed by atoms with E-state index >= 15 is 0 Å². The molecule has 2 heterocycles. The number of anilines is 1. The van der Waals surface area contributed by atoms with Gasteiger partial charge in [-0.3, -0.25) is 0 Å². The topological polar surface area (TPSA) is 42.7 Å². The van der Waals surface area contributed by atoms with Crippen molar-refractivity contribution in [3.63, 3.8) is 0 Å². The van der Waals surface area contributed by atoms with E-state index in [4.69, 9.17) is 0 Å². The van der Waals surface area contributed by atoms with Crippen molar-refractivity contribution in [2.75, 3.05) is 12.4 Å². The lowest BCUT2D eigenvalue weighted by Crippen LogP contribution is -2.38. The maximum absolute atomic E-state index is 13.6. The van der Waals surface area contributed by atoms with E-state index in [1.807, 2.05) is 0 Å². The molecular formula is C12H13F5N4. The van der Waals surface area contributed by atoms with Gasteiger partial charge in [-0.2, -0.15) is 18.3 Å². The number of aryl methyl sites for hydroxylation is 1. The molecule has 0 spiro atoms. The molecule has 1 atom stereocenters. The number of alkyl halides is 4. The highest BCUT2D eigenvalue weighted by atomic mass is 19.4. The second-order valence-electron chi connectivity index (χ2n) is 4.79. The van der Waals surface area contributed by atoms with Gasteiger partial charge in [0.15, 0.2) is 11.5 Å². The second kappa shape index (κ2) is 5.12. The summed E-state index contributed by atoms with van der Waals surface area (Å²) in [6.07, 6.45) is -4.84. The van der Waals surface area contributed by atoms with Gasteiger partial charge >= 0.3 is 6.18 Å². The summed E-state index contributed by atoms with van der Waals surface area (Å²) in [7, 11) is 1.53. The molecule has 0 aliphatic rings. The van der Waals surface area contributed by atoms with Crippen molar-refractivity contribution in [3.05, 3.63) is 18.1 Å². The van der Waals surface area contributed by atoms with Crippen molar-refractivity contribution < 1.29 is 22.0 Å². The number of hydrogen-bond acceptors (Lipinski definition) is 3. The zero-order valence-electron chi connectivity index (χ0n) is 11.3. The Morgan fingerprint density at radius 3 is 2.52 bits per heavy atom. The van der Waals surface area contributed by atoms with E-state index in [0.29, 0.717) is 12.3 Å². The van der Waals surface area contributed by atoms with Crippen LogP contribution in [-0.4, -0.2) is 33.7 Å². The molecule has 0 aromatic carbocycles. The smallest absolute Gasteiger partial charge is 0.371 e. The number of rotatable bonds is 4. The van der Waals surface area contributed by atoms with E-state index < -0.39 is 24.1 Å². The molecule has 4 nitrogen and oxygen atoms in total. The first-order valence-electron chi connectivity index (χ1n) is 6.11. The molecule has 2 rings (SSSR count). The minimum atomic E-state index is -4.96. The normalized spacial score (nSPS) is 15.2. The van der Waals surface area contributed by atoms with E-state index in [-0.39, 0.29) is 18.0 Å². The number of halogens is 5. The highest BCUT2D eigenvalue weighted by Crippen LogP contribution is 2.36. The number of aromatic nitrogens is 3. The van der Waals surface area contributed by atoms with Crippen LogP contribution in [0.2, 0.25) is 0 Å². The Kier molecular flexibility index (Phi) is 3.77. The molecule has 9 heteroatoms. The van der Waals surface area contributed by atoms with Crippen LogP contribution in [0.5, 0.6) is 0 Å². The van der Waals surface area contributed by atoms with Crippen molar-refractivity contribution in [2.24, 2.45) is 0 Å². The van der Waals surface area contributed by atoms with Crippen LogP contribution in [0.15, 0.2) is 12.3 Å². The van der Waals surface area contributed by atoms with Crippen molar-refractivity contribution in [3.8, 4) is 0 Å². The molecule has 0 bridgehead atoms. The molecule has 0 radical (unpaired) electrons. The van der Waals surface area contributed by atoms with Crippen LogP contribution in [0, 0.1) is 5.82 Å². The summed E-state index contributed by atoms with van der Waals surface area (Å²) in [5, 5.41) is 6.99. The fourth-order valence-corrected chi connectivity index (χ4v) is 1.83. The fourth-order valence-electron chi connectivity index (χ4n) is 1.83. The molecule has 0 saturated heterocycles. The SMILES string of the molecule is CNc1nn(CCC(C)(F)C(F)(F)F)c2ncc(F)cc12. The zero-order valence-corrected chi connectivity index (χ0v) is 11.3. The van der Waals surface area contributed by atoms with Crippen LogP contribution >= 0.6 is 0 Å². The average molecular weight is 308 g/mol. The summed E-state index contributed by atoms with van der Waals surface area (Å²) in [5.41, 5.74) is -3.14. The molecule has 21 heavy (non-hydrogen) atoms. The highest BCUT2D eigenvalue weighted by Gasteiger charge is 2.51. The van der Waals surface area contributed by atoms with Gasteiger partial charge in [-0.1, -0.05) is 0 Å². The van der Waals surface area contributed by atoms with Gasteiger partial charge in [0.05, 0.1) is 11.6 Å². The second-order valence-corrected chi connectivity index (χ2v) is 4.79. The Labute approximate surface area is 117 Å². The van der Waals surface area contributed by atoms with Gasteiger partial charge in [0, 0.05) is 20.0 Å². The third kappa shape index (κ3) is 2.91. The first-order chi connectivity index (χ1) is 9.65. The number of fused-ring (bicyclic) bond motifs is 1. The van der Waals surface area contributed by atoms with Crippen LogP contribution in [0.3, 0.4) is 0 Å². The van der Waals surface area contributed by atoms with Crippen molar-refractivity contribution in [1.29, 1.82) is 0 Å². The molecule has 0 aliphatic heterocycles. The minimum absolute atomic E-state index is 0.193. The minimum Gasteiger partial charge on any atom is -0.371 e. The number of hydrogen-bond donors (Lipinski definition) is 1. The highest BCUT2D eigenvalue weighted by molar-refractivity contribution is 5.87. The number of nitrogens with one attached hydrogen (secondary N) is 1. The lowest BCUT2D eigenvalue weighted by atomic mass is 10.0. The standard InChI is InChI=1S/C12H13F5N4/c1-11(14,12(15,16)17)3-4-21-10-8(9(18-2)20-21)5-7(13)6-19-10/h5-6H,3-4H2,1-2H3,(H,18,20). The van der Waals surface area contributed by atoms with E-state index in [9.17, 15) is 22.0 Å². The largest absolute Gasteiger partial charge is 0.422 e. The lowest BCUT2D eigenvalue weighted by molar-refractivity contribution is -0.226. The average Bonchev–Trinajstić information content (AvgIpc) is 2.72. The summed E-state index contributed by atoms with van der Waals surface area (Å²) in [4.78, 5) is 3.79. The van der Waals surface area contributed by atoms with Gasteiger partial charge in [-0.15, -0.1) is 0 Å². The van der Waals surface area contributed by atoms with Gasteiger partial charge in [0.25, 0.3) is 0 Å². The molecule has 0 amide bonds. The first kappa shape index (κ1) is 15.5. The predicted octanol–water partition coefficient (Wildman–Crippen LogP) is 3.29. The van der Waals surface area contributed by atoms with E-state index in [0.717, 1.165) is 16.9 Å². The first-order valence-corrected chi connectivity index (χ1v) is 6.11. The third-order valence-electron chi connectivity index (χ3n) is 3.17. The van der Waals surface area contributed by atoms with Crippen LogP contribution in [0.25, 0.3) is 11.0 Å². The summed E-state index contributed by atoms with van der Waals surface area (Å²) in [5.74, 6) is -0.325. The molecule has 116 valence electrons. The van der Waals surface area contributed by atoms with Gasteiger partial charge in [-0.25, -0.2) is 18.4 Å². The molecule has 0 fully saturated rings. The maximum Gasteiger partial charge on any atom is 0.422 e. The van der Waals surface area contributed by atoms with Crippen LogP contribution < -0.4 is 5.32 Å². The molecule has 0 aliphatic carbocycles. The molecule has 1 N–H and O–H groups in total. The Bertz CT molecular complexity index is 647. The lowest BCUT2D eigenvalue weighted by Gasteiger charge is -2.23. The quantitative estimate of drug-likeness (QED) is 0.881.